The Morgan fingerprint density at radius 1 is 1.30 bits per heavy atom. The summed E-state index contributed by atoms with van der Waals surface area (Å²) in [5.41, 5.74) is 5.06. The average molecular weight is 281 g/mol. The van der Waals surface area contributed by atoms with Crippen molar-refractivity contribution in [2.45, 2.75) is 69.9 Å². The highest BCUT2D eigenvalue weighted by Gasteiger charge is 2.36. The molecular formula is C16H31N3O. The first kappa shape index (κ1) is 15.8. The third-order valence-electron chi connectivity index (χ3n) is 4.91. The van der Waals surface area contributed by atoms with Gasteiger partial charge in [0.15, 0.2) is 0 Å². The van der Waals surface area contributed by atoms with E-state index < -0.39 is 5.54 Å². The number of nitrogens with zero attached hydrogens (tertiary/aromatic N) is 1. The number of nitrogens with two attached hydrogens (primary N) is 1. The van der Waals surface area contributed by atoms with E-state index in [2.05, 4.69) is 17.3 Å². The number of carbonyl (C=O) groups excluding carboxylic acids is 1. The molecule has 0 bridgehead atoms. The van der Waals surface area contributed by atoms with E-state index in [-0.39, 0.29) is 5.91 Å². The zero-order valence-corrected chi connectivity index (χ0v) is 13.2. The summed E-state index contributed by atoms with van der Waals surface area (Å²) >= 11 is 0. The number of amides is 1. The fourth-order valence-corrected chi connectivity index (χ4v) is 3.01. The summed E-state index contributed by atoms with van der Waals surface area (Å²) in [6.07, 6.45) is 9.69. The maximum atomic E-state index is 11.7. The SMILES string of the molecule is CN(CCCCC(C)(NC1CC1)C(N)=O)CC1CCC1. The van der Waals surface area contributed by atoms with E-state index in [1.165, 1.54) is 38.6 Å². The molecule has 0 heterocycles. The van der Waals surface area contributed by atoms with E-state index in [4.69, 9.17) is 5.73 Å². The van der Waals surface area contributed by atoms with Gasteiger partial charge >= 0.3 is 0 Å². The number of hydrogen-bond acceptors (Lipinski definition) is 3. The molecule has 0 saturated heterocycles. The van der Waals surface area contributed by atoms with Crippen LogP contribution < -0.4 is 11.1 Å². The van der Waals surface area contributed by atoms with Gasteiger partial charge in [-0.2, -0.15) is 0 Å². The lowest BCUT2D eigenvalue weighted by Crippen LogP contribution is -2.54. The first-order valence-electron chi connectivity index (χ1n) is 8.26. The molecule has 1 amide bonds. The second-order valence-corrected chi connectivity index (χ2v) is 7.13. The van der Waals surface area contributed by atoms with Crippen LogP contribution in [0, 0.1) is 5.92 Å². The highest BCUT2D eigenvalue weighted by atomic mass is 16.1. The largest absolute Gasteiger partial charge is 0.368 e. The van der Waals surface area contributed by atoms with Crippen LogP contribution in [0.2, 0.25) is 0 Å². The van der Waals surface area contributed by atoms with Gasteiger partial charge in [-0.15, -0.1) is 0 Å². The molecule has 0 aromatic rings. The second kappa shape index (κ2) is 6.90. The maximum Gasteiger partial charge on any atom is 0.237 e. The molecule has 2 rings (SSSR count). The minimum atomic E-state index is -0.506. The summed E-state index contributed by atoms with van der Waals surface area (Å²) in [4.78, 5) is 14.1. The Morgan fingerprint density at radius 3 is 2.50 bits per heavy atom. The highest BCUT2D eigenvalue weighted by Crippen LogP contribution is 2.27. The minimum absolute atomic E-state index is 0.202. The molecule has 2 aliphatic rings. The summed E-state index contributed by atoms with van der Waals surface area (Å²) in [6.45, 7) is 4.34. The van der Waals surface area contributed by atoms with Crippen molar-refractivity contribution in [1.82, 2.24) is 10.2 Å². The van der Waals surface area contributed by atoms with Crippen LogP contribution in [-0.2, 0) is 4.79 Å². The second-order valence-electron chi connectivity index (χ2n) is 7.13. The molecule has 1 atom stereocenters. The van der Waals surface area contributed by atoms with Crippen molar-refractivity contribution in [3.8, 4) is 0 Å². The fraction of sp³-hybridized carbons (Fsp3) is 0.938. The zero-order valence-electron chi connectivity index (χ0n) is 13.2. The van der Waals surface area contributed by atoms with Gasteiger partial charge in [0.2, 0.25) is 5.91 Å². The van der Waals surface area contributed by atoms with Crippen molar-refractivity contribution in [3.05, 3.63) is 0 Å². The molecule has 2 saturated carbocycles. The molecule has 0 spiro atoms. The lowest BCUT2D eigenvalue weighted by molar-refractivity contribution is -0.124. The number of unbranched alkanes of at least 4 members (excludes halogenated alkanes) is 1. The molecule has 2 aliphatic carbocycles. The van der Waals surface area contributed by atoms with Gasteiger partial charge in [0.05, 0.1) is 5.54 Å². The molecule has 4 heteroatoms. The lowest BCUT2D eigenvalue weighted by atomic mass is 9.85. The van der Waals surface area contributed by atoms with Crippen LogP contribution in [0.15, 0.2) is 0 Å². The van der Waals surface area contributed by atoms with Crippen LogP contribution in [-0.4, -0.2) is 42.5 Å². The number of primary amides is 1. The normalized spacial score (nSPS) is 22.6. The van der Waals surface area contributed by atoms with Crippen molar-refractivity contribution < 1.29 is 4.79 Å². The molecule has 0 aromatic heterocycles. The Balaban J connectivity index is 1.60. The topological polar surface area (TPSA) is 58.4 Å². The third-order valence-corrected chi connectivity index (χ3v) is 4.91. The Kier molecular flexibility index (Phi) is 5.44. The van der Waals surface area contributed by atoms with Crippen LogP contribution >= 0.6 is 0 Å². The first-order chi connectivity index (χ1) is 9.49. The van der Waals surface area contributed by atoms with Crippen molar-refractivity contribution in [1.29, 1.82) is 0 Å². The van der Waals surface area contributed by atoms with Gasteiger partial charge in [0, 0.05) is 12.6 Å². The molecule has 0 aromatic carbocycles. The van der Waals surface area contributed by atoms with Crippen molar-refractivity contribution in [3.63, 3.8) is 0 Å². The fourth-order valence-electron chi connectivity index (χ4n) is 3.01. The molecule has 20 heavy (non-hydrogen) atoms. The summed E-state index contributed by atoms with van der Waals surface area (Å²) in [5, 5.41) is 3.42. The standard InChI is InChI=1S/C16H31N3O/c1-16(15(17)20,18-14-8-9-14)10-3-4-11-19(2)12-13-6-5-7-13/h13-14,18H,3-12H2,1-2H3,(H2,17,20). The van der Waals surface area contributed by atoms with Gasteiger partial charge < -0.3 is 16.0 Å². The zero-order chi connectivity index (χ0) is 14.6. The van der Waals surface area contributed by atoms with E-state index in [1.807, 2.05) is 6.92 Å². The number of carbonyl (C=O) groups is 1. The molecule has 1 unspecified atom stereocenters. The maximum absolute atomic E-state index is 11.7. The number of rotatable bonds is 10. The smallest absolute Gasteiger partial charge is 0.237 e. The third kappa shape index (κ3) is 4.74. The predicted molar refractivity (Wildman–Crippen MR) is 82.4 cm³/mol. The van der Waals surface area contributed by atoms with Crippen molar-refractivity contribution >= 4 is 5.91 Å². The van der Waals surface area contributed by atoms with Crippen LogP contribution in [0.4, 0.5) is 0 Å². The van der Waals surface area contributed by atoms with Crippen LogP contribution in [0.3, 0.4) is 0 Å². The first-order valence-corrected chi connectivity index (χ1v) is 8.26. The van der Waals surface area contributed by atoms with Gasteiger partial charge in [-0.1, -0.05) is 6.42 Å². The summed E-state index contributed by atoms with van der Waals surface area (Å²) in [6, 6.07) is 0.522. The number of hydrogen-bond donors (Lipinski definition) is 2. The molecule has 0 radical (unpaired) electrons. The van der Waals surface area contributed by atoms with Crippen molar-refractivity contribution in [2.24, 2.45) is 11.7 Å². The van der Waals surface area contributed by atoms with E-state index in [0.717, 1.165) is 31.7 Å². The van der Waals surface area contributed by atoms with E-state index >= 15 is 0 Å². The summed E-state index contributed by atoms with van der Waals surface area (Å²) in [5.74, 6) is 0.736. The van der Waals surface area contributed by atoms with Gasteiger partial charge in [0.25, 0.3) is 0 Å². The van der Waals surface area contributed by atoms with E-state index in [9.17, 15) is 4.79 Å². The van der Waals surface area contributed by atoms with Crippen LogP contribution in [0.1, 0.15) is 58.3 Å². The minimum Gasteiger partial charge on any atom is -0.368 e. The summed E-state index contributed by atoms with van der Waals surface area (Å²) < 4.78 is 0. The predicted octanol–water partition coefficient (Wildman–Crippen LogP) is 1.88. The Labute approximate surface area is 123 Å². The van der Waals surface area contributed by atoms with Gasteiger partial charge in [0.1, 0.15) is 0 Å². The molecule has 116 valence electrons. The Bertz CT molecular complexity index is 326. The Morgan fingerprint density at radius 2 is 2.00 bits per heavy atom. The molecule has 3 N–H and O–H groups in total. The molecule has 2 fully saturated rings. The van der Waals surface area contributed by atoms with Crippen LogP contribution in [0.5, 0.6) is 0 Å². The molecule has 4 nitrogen and oxygen atoms in total. The summed E-state index contributed by atoms with van der Waals surface area (Å²) in [7, 11) is 2.22. The van der Waals surface area contributed by atoms with Crippen LogP contribution in [0.25, 0.3) is 0 Å². The average Bonchev–Trinajstić information content (AvgIpc) is 3.13. The highest BCUT2D eigenvalue weighted by molar-refractivity contribution is 5.84. The number of nitrogens with one attached hydrogen (secondary N) is 1. The van der Waals surface area contributed by atoms with Crippen molar-refractivity contribution in [2.75, 3.05) is 20.1 Å². The quantitative estimate of drug-likeness (QED) is 0.601. The van der Waals surface area contributed by atoms with E-state index in [0.29, 0.717) is 6.04 Å². The lowest BCUT2D eigenvalue weighted by Gasteiger charge is -2.31. The molecule has 0 aliphatic heterocycles. The van der Waals surface area contributed by atoms with Gasteiger partial charge in [-0.05, 0) is 71.4 Å². The van der Waals surface area contributed by atoms with Gasteiger partial charge in [-0.25, -0.2) is 0 Å². The van der Waals surface area contributed by atoms with Gasteiger partial charge in [-0.3, -0.25) is 4.79 Å². The Hall–Kier alpha value is -0.610. The monoisotopic (exact) mass is 281 g/mol. The van der Waals surface area contributed by atoms with E-state index in [1.54, 1.807) is 0 Å². The molecular weight excluding hydrogens is 250 g/mol.